The number of amides is 1. The summed E-state index contributed by atoms with van der Waals surface area (Å²) in [6, 6.07) is 9.09. The van der Waals surface area contributed by atoms with Crippen LogP contribution in [0.4, 0.5) is 17.6 Å². The summed E-state index contributed by atoms with van der Waals surface area (Å²) in [7, 11) is 1.83. The summed E-state index contributed by atoms with van der Waals surface area (Å²) in [6.07, 6.45) is 8.50. The number of rotatable bonds is 7. The van der Waals surface area contributed by atoms with Crippen molar-refractivity contribution >= 4 is 39.4 Å². The van der Waals surface area contributed by atoms with Crippen molar-refractivity contribution < 1.29 is 4.79 Å². The van der Waals surface area contributed by atoms with E-state index in [0.717, 1.165) is 21.4 Å². The Balaban J connectivity index is 1.42. The molecule has 3 N–H and O–H groups in total. The molecular formula is C20H18BrN9O. The molecule has 4 aromatic heterocycles. The number of aryl methyl sites for hydroxylation is 1. The summed E-state index contributed by atoms with van der Waals surface area (Å²) in [5, 5.41) is 7.24. The number of nitrogens with one attached hydrogen (secondary N) is 3. The fraction of sp³-hybridized carbons (Fsp3) is 0.100. The van der Waals surface area contributed by atoms with Crippen LogP contribution in [0.25, 0.3) is 11.3 Å². The molecule has 1 amide bonds. The van der Waals surface area contributed by atoms with E-state index in [2.05, 4.69) is 57.1 Å². The van der Waals surface area contributed by atoms with E-state index in [1.807, 2.05) is 25.2 Å². The molecule has 0 aliphatic rings. The number of nitrogens with zero attached hydrogens (tertiary/aromatic N) is 6. The Hall–Kier alpha value is -3.86. The molecule has 0 atom stereocenters. The SMILES string of the molecule is Cn1nccc1Nc1nccc(-c2ccnc(NNC(=O)Cc3cncc(Br)c3)c2)n1. The van der Waals surface area contributed by atoms with Crippen LogP contribution in [0, 0.1) is 0 Å². The first kappa shape index (κ1) is 20.4. The molecular weight excluding hydrogens is 462 g/mol. The van der Waals surface area contributed by atoms with Gasteiger partial charge in [-0.1, -0.05) is 0 Å². The molecule has 31 heavy (non-hydrogen) atoms. The third kappa shape index (κ3) is 5.39. The summed E-state index contributed by atoms with van der Waals surface area (Å²) in [5.41, 5.74) is 7.80. The Kier molecular flexibility index (Phi) is 6.13. The quantitative estimate of drug-likeness (QED) is 0.345. The van der Waals surface area contributed by atoms with Gasteiger partial charge in [0, 0.05) is 47.9 Å². The maximum absolute atomic E-state index is 12.2. The maximum Gasteiger partial charge on any atom is 0.242 e. The zero-order valence-electron chi connectivity index (χ0n) is 16.5. The van der Waals surface area contributed by atoms with Crippen molar-refractivity contribution in [1.82, 2.24) is 35.1 Å². The Morgan fingerprint density at radius 2 is 1.97 bits per heavy atom. The lowest BCUT2D eigenvalue weighted by atomic mass is 10.2. The van der Waals surface area contributed by atoms with Crippen LogP contribution in [0.3, 0.4) is 0 Å². The molecule has 0 unspecified atom stereocenters. The summed E-state index contributed by atoms with van der Waals surface area (Å²) in [5.74, 6) is 1.50. The molecule has 0 aliphatic carbocycles. The lowest BCUT2D eigenvalue weighted by Crippen LogP contribution is -2.31. The fourth-order valence-electron chi connectivity index (χ4n) is 2.76. The molecule has 4 aromatic rings. The molecule has 4 heterocycles. The number of carbonyl (C=O) groups is 1. The number of pyridine rings is 2. The third-order valence-corrected chi connectivity index (χ3v) is 4.66. The minimum Gasteiger partial charge on any atom is -0.309 e. The highest BCUT2D eigenvalue weighted by Crippen LogP contribution is 2.21. The van der Waals surface area contributed by atoms with Gasteiger partial charge in [0.2, 0.25) is 11.9 Å². The zero-order valence-corrected chi connectivity index (χ0v) is 18.0. The van der Waals surface area contributed by atoms with E-state index in [0.29, 0.717) is 17.5 Å². The molecule has 0 bridgehead atoms. The summed E-state index contributed by atoms with van der Waals surface area (Å²) in [6.45, 7) is 0. The van der Waals surface area contributed by atoms with Crippen LogP contribution in [-0.2, 0) is 18.3 Å². The second-order valence-corrected chi connectivity index (χ2v) is 7.44. The Bertz CT molecular complexity index is 1210. The van der Waals surface area contributed by atoms with Gasteiger partial charge in [-0.15, -0.1) is 0 Å². The monoisotopic (exact) mass is 479 g/mol. The Labute approximate surface area is 186 Å². The van der Waals surface area contributed by atoms with Crippen molar-refractivity contribution in [2.24, 2.45) is 7.05 Å². The highest BCUT2D eigenvalue weighted by molar-refractivity contribution is 9.10. The highest BCUT2D eigenvalue weighted by Gasteiger charge is 2.08. The van der Waals surface area contributed by atoms with Crippen LogP contribution in [0.15, 0.2) is 65.8 Å². The van der Waals surface area contributed by atoms with E-state index >= 15 is 0 Å². The minimum atomic E-state index is -0.211. The molecule has 10 nitrogen and oxygen atoms in total. The fourth-order valence-corrected chi connectivity index (χ4v) is 3.18. The van der Waals surface area contributed by atoms with Crippen molar-refractivity contribution in [3.63, 3.8) is 0 Å². The first-order chi connectivity index (χ1) is 15.1. The van der Waals surface area contributed by atoms with E-state index in [4.69, 9.17) is 0 Å². The average Bonchev–Trinajstić information content (AvgIpc) is 3.17. The molecule has 0 saturated heterocycles. The van der Waals surface area contributed by atoms with Crippen molar-refractivity contribution in [3.05, 3.63) is 71.4 Å². The number of hydrogen-bond acceptors (Lipinski definition) is 8. The van der Waals surface area contributed by atoms with Crippen LogP contribution in [0.5, 0.6) is 0 Å². The molecule has 0 fully saturated rings. The van der Waals surface area contributed by atoms with Gasteiger partial charge in [0.15, 0.2) is 0 Å². The van der Waals surface area contributed by atoms with Crippen LogP contribution in [-0.4, -0.2) is 35.6 Å². The summed E-state index contributed by atoms with van der Waals surface area (Å²) in [4.78, 5) is 29.3. The van der Waals surface area contributed by atoms with E-state index in [1.165, 1.54) is 0 Å². The van der Waals surface area contributed by atoms with Crippen LogP contribution in [0.2, 0.25) is 0 Å². The first-order valence-electron chi connectivity index (χ1n) is 9.25. The van der Waals surface area contributed by atoms with Gasteiger partial charge in [0.05, 0.1) is 18.3 Å². The molecule has 0 aromatic carbocycles. The first-order valence-corrected chi connectivity index (χ1v) is 10.0. The van der Waals surface area contributed by atoms with Gasteiger partial charge >= 0.3 is 0 Å². The molecule has 11 heteroatoms. The van der Waals surface area contributed by atoms with E-state index in [1.54, 1.807) is 47.8 Å². The standard InChI is InChI=1S/C20H18BrN9O/c1-30-18(4-7-25-30)27-20-24-6-3-16(26-20)14-2-5-23-17(10-14)28-29-19(31)9-13-8-15(21)12-22-11-13/h2-8,10-12H,9H2,1H3,(H,23,28)(H,29,31)(H,24,26,27). The predicted molar refractivity (Wildman–Crippen MR) is 119 cm³/mol. The summed E-state index contributed by atoms with van der Waals surface area (Å²) >= 11 is 3.34. The highest BCUT2D eigenvalue weighted by atomic mass is 79.9. The smallest absolute Gasteiger partial charge is 0.242 e. The molecule has 156 valence electrons. The van der Waals surface area contributed by atoms with Gasteiger partial charge in [-0.05, 0) is 45.8 Å². The maximum atomic E-state index is 12.2. The van der Waals surface area contributed by atoms with Gasteiger partial charge in [0.1, 0.15) is 11.6 Å². The molecule has 0 spiro atoms. The minimum absolute atomic E-state index is 0.189. The Morgan fingerprint density at radius 3 is 2.77 bits per heavy atom. The molecule has 0 aliphatic heterocycles. The summed E-state index contributed by atoms with van der Waals surface area (Å²) < 4.78 is 2.51. The number of halogens is 1. The Morgan fingerprint density at radius 1 is 1.10 bits per heavy atom. The van der Waals surface area contributed by atoms with E-state index in [-0.39, 0.29) is 12.3 Å². The normalized spacial score (nSPS) is 10.5. The number of hydrazine groups is 1. The van der Waals surface area contributed by atoms with Gasteiger partial charge < -0.3 is 5.32 Å². The zero-order chi connectivity index (χ0) is 21.6. The van der Waals surface area contributed by atoms with Crippen molar-refractivity contribution in [2.75, 3.05) is 10.7 Å². The number of aromatic nitrogens is 6. The molecule has 0 radical (unpaired) electrons. The lowest BCUT2D eigenvalue weighted by Gasteiger charge is -2.10. The second-order valence-electron chi connectivity index (χ2n) is 6.52. The van der Waals surface area contributed by atoms with Gasteiger partial charge in [-0.2, -0.15) is 5.10 Å². The van der Waals surface area contributed by atoms with Crippen LogP contribution >= 0.6 is 15.9 Å². The van der Waals surface area contributed by atoms with Crippen molar-refractivity contribution in [1.29, 1.82) is 0 Å². The van der Waals surface area contributed by atoms with E-state index in [9.17, 15) is 4.79 Å². The largest absolute Gasteiger partial charge is 0.309 e. The third-order valence-electron chi connectivity index (χ3n) is 4.23. The number of carbonyl (C=O) groups excluding carboxylic acids is 1. The van der Waals surface area contributed by atoms with Crippen LogP contribution < -0.4 is 16.2 Å². The van der Waals surface area contributed by atoms with Crippen molar-refractivity contribution in [3.8, 4) is 11.3 Å². The van der Waals surface area contributed by atoms with E-state index < -0.39 is 0 Å². The predicted octanol–water partition coefficient (Wildman–Crippen LogP) is 2.86. The van der Waals surface area contributed by atoms with Gasteiger partial charge in [-0.25, -0.2) is 15.0 Å². The molecule has 0 saturated carbocycles. The average molecular weight is 480 g/mol. The van der Waals surface area contributed by atoms with Crippen molar-refractivity contribution in [2.45, 2.75) is 6.42 Å². The topological polar surface area (TPSA) is 123 Å². The number of hydrogen-bond donors (Lipinski definition) is 3. The van der Waals surface area contributed by atoms with Gasteiger partial charge in [0.25, 0.3) is 0 Å². The lowest BCUT2D eigenvalue weighted by molar-refractivity contribution is -0.119. The van der Waals surface area contributed by atoms with Gasteiger partial charge in [-0.3, -0.25) is 25.3 Å². The second kappa shape index (κ2) is 9.30. The number of anilines is 3. The molecule has 4 rings (SSSR count). The van der Waals surface area contributed by atoms with Crippen LogP contribution in [0.1, 0.15) is 5.56 Å².